The Labute approximate surface area is 160 Å². The number of hydrogen-bond donors (Lipinski definition) is 0. The van der Waals surface area contributed by atoms with Gasteiger partial charge < -0.3 is 4.90 Å². The number of ketones is 1. The number of hydrogen-bond acceptors (Lipinski definition) is 2. The van der Waals surface area contributed by atoms with Crippen LogP contribution < -0.4 is 4.90 Å². The Hall–Kier alpha value is -3.13. The van der Waals surface area contributed by atoms with E-state index in [0.717, 1.165) is 16.9 Å². The fourth-order valence-electron chi connectivity index (χ4n) is 3.77. The lowest BCUT2D eigenvalue weighted by Crippen LogP contribution is -2.32. The van der Waals surface area contributed by atoms with Gasteiger partial charge in [-0.15, -0.1) is 0 Å². The van der Waals surface area contributed by atoms with Gasteiger partial charge in [-0.3, -0.25) is 4.79 Å². The number of rotatable bonds is 5. The Morgan fingerprint density at radius 3 is 2.19 bits per heavy atom. The molecule has 0 amide bonds. The van der Waals surface area contributed by atoms with Gasteiger partial charge in [-0.1, -0.05) is 79.7 Å². The highest BCUT2D eigenvalue weighted by Crippen LogP contribution is 2.43. The molecule has 0 saturated heterocycles. The molecule has 1 aliphatic rings. The third-order valence-electron chi connectivity index (χ3n) is 5.14. The summed E-state index contributed by atoms with van der Waals surface area (Å²) < 4.78 is 0. The Balaban J connectivity index is 1.92. The number of fused-ring (bicyclic) bond motifs is 1. The van der Waals surface area contributed by atoms with E-state index in [9.17, 15) is 4.79 Å². The highest BCUT2D eigenvalue weighted by Gasteiger charge is 2.31. The minimum absolute atomic E-state index is 0.00347. The summed E-state index contributed by atoms with van der Waals surface area (Å²) >= 11 is 0. The average molecular weight is 353 g/mol. The van der Waals surface area contributed by atoms with Gasteiger partial charge in [0.15, 0.2) is 0 Å². The molecular formula is C25H23NO. The third kappa shape index (κ3) is 3.43. The maximum Gasteiger partial charge on any atom is 0.135 e. The first-order chi connectivity index (χ1) is 13.3. The van der Waals surface area contributed by atoms with Gasteiger partial charge in [-0.25, -0.2) is 0 Å². The lowest BCUT2D eigenvalue weighted by Gasteiger charge is -2.39. The molecular weight excluding hydrogens is 330 g/mol. The fraction of sp³-hybridized carbons (Fsp3) is 0.160. The van der Waals surface area contributed by atoms with Crippen molar-refractivity contribution in [2.45, 2.75) is 25.8 Å². The van der Waals surface area contributed by atoms with Gasteiger partial charge >= 0.3 is 0 Å². The normalized spacial score (nSPS) is 15.8. The van der Waals surface area contributed by atoms with Crippen LogP contribution in [0.25, 0.3) is 11.8 Å². The predicted molar refractivity (Wildman–Crippen MR) is 112 cm³/mol. The monoisotopic (exact) mass is 353 g/mol. The van der Waals surface area contributed by atoms with Crippen molar-refractivity contribution < 1.29 is 4.79 Å². The van der Waals surface area contributed by atoms with Crippen LogP contribution in [-0.4, -0.2) is 5.78 Å². The molecule has 0 saturated carbocycles. The minimum Gasteiger partial charge on any atom is -0.333 e. The molecule has 0 spiro atoms. The van der Waals surface area contributed by atoms with Gasteiger partial charge in [-0.05, 0) is 34.9 Å². The van der Waals surface area contributed by atoms with E-state index < -0.39 is 0 Å². The Bertz CT molecular complexity index is 960. The number of anilines is 1. The largest absolute Gasteiger partial charge is 0.333 e. The Morgan fingerprint density at radius 1 is 0.852 bits per heavy atom. The van der Waals surface area contributed by atoms with E-state index in [1.54, 1.807) is 0 Å². The highest BCUT2D eigenvalue weighted by molar-refractivity contribution is 5.95. The number of para-hydroxylation sites is 1. The molecule has 2 heteroatoms. The maximum atomic E-state index is 12.5. The van der Waals surface area contributed by atoms with E-state index >= 15 is 0 Å². The second-order valence-electron chi connectivity index (χ2n) is 6.84. The summed E-state index contributed by atoms with van der Waals surface area (Å²) in [5, 5.41) is 0. The zero-order chi connectivity index (χ0) is 18.6. The lowest BCUT2D eigenvalue weighted by molar-refractivity contribution is -0.119. The van der Waals surface area contributed by atoms with Crippen molar-refractivity contribution in [1.29, 1.82) is 0 Å². The first-order valence-electron chi connectivity index (χ1n) is 9.50. The fourth-order valence-corrected chi connectivity index (χ4v) is 3.77. The van der Waals surface area contributed by atoms with E-state index in [2.05, 4.69) is 83.8 Å². The molecule has 3 aromatic rings. The lowest BCUT2D eigenvalue weighted by atomic mass is 9.88. The van der Waals surface area contributed by atoms with Crippen LogP contribution in [0.1, 0.15) is 42.5 Å². The van der Waals surface area contributed by atoms with Gasteiger partial charge in [0.2, 0.25) is 0 Å². The van der Waals surface area contributed by atoms with E-state index in [0.29, 0.717) is 12.8 Å². The van der Waals surface area contributed by atoms with Gasteiger partial charge in [-0.2, -0.15) is 0 Å². The van der Waals surface area contributed by atoms with Gasteiger partial charge in [0.25, 0.3) is 0 Å². The van der Waals surface area contributed by atoms with Crippen LogP contribution in [0.5, 0.6) is 0 Å². The molecule has 0 aliphatic carbocycles. The molecule has 0 N–H and O–H groups in total. The van der Waals surface area contributed by atoms with Crippen LogP contribution in [-0.2, 0) is 4.79 Å². The SMILES string of the molecule is CCC(=O)CC1c2ccccc2C=C(c2ccccc2)N1c1ccccc1. The van der Waals surface area contributed by atoms with Crippen LogP contribution in [0.3, 0.4) is 0 Å². The molecule has 1 aliphatic heterocycles. The van der Waals surface area contributed by atoms with E-state index in [1.807, 2.05) is 19.1 Å². The van der Waals surface area contributed by atoms with Gasteiger partial charge in [0, 0.05) is 24.2 Å². The Kier molecular flexibility index (Phi) is 4.88. The highest BCUT2D eigenvalue weighted by atomic mass is 16.1. The molecule has 1 atom stereocenters. The molecule has 3 aromatic carbocycles. The van der Waals surface area contributed by atoms with Crippen LogP contribution in [0, 0.1) is 0 Å². The molecule has 0 aromatic heterocycles. The van der Waals surface area contributed by atoms with Crippen LogP contribution >= 0.6 is 0 Å². The Morgan fingerprint density at radius 2 is 1.48 bits per heavy atom. The van der Waals surface area contributed by atoms with Crippen molar-refractivity contribution >= 4 is 23.2 Å². The van der Waals surface area contributed by atoms with Crippen LogP contribution in [0.2, 0.25) is 0 Å². The first kappa shape index (κ1) is 17.3. The molecule has 0 bridgehead atoms. The third-order valence-corrected chi connectivity index (χ3v) is 5.14. The zero-order valence-corrected chi connectivity index (χ0v) is 15.5. The molecule has 27 heavy (non-hydrogen) atoms. The quantitative estimate of drug-likeness (QED) is 0.551. The number of Topliss-reactive ketones (excluding diaryl/α,β-unsaturated/α-hetero) is 1. The van der Waals surface area contributed by atoms with Crippen molar-refractivity contribution in [1.82, 2.24) is 0 Å². The second kappa shape index (κ2) is 7.63. The first-order valence-corrected chi connectivity index (χ1v) is 9.50. The summed E-state index contributed by atoms with van der Waals surface area (Å²) in [7, 11) is 0. The molecule has 1 heterocycles. The molecule has 4 rings (SSSR count). The molecule has 2 nitrogen and oxygen atoms in total. The number of nitrogens with zero attached hydrogens (tertiary/aromatic N) is 1. The van der Waals surface area contributed by atoms with E-state index in [1.165, 1.54) is 11.1 Å². The van der Waals surface area contributed by atoms with Crippen LogP contribution in [0.4, 0.5) is 5.69 Å². The van der Waals surface area contributed by atoms with Gasteiger partial charge in [0.1, 0.15) is 5.78 Å². The van der Waals surface area contributed by atoms with Crippen LogP contribution in [0.15, 0.2) is 84.9 Å². The van der Waals surface area contributed by atoms with Crippen molar-refractivity contribution in [2.24, 2.45) is 0 Å². The number of carbonyl (C=O) groups excluding carboxylic acids is 1. The summed E-state index contributed by atoms with van der Waals surface area (Å²) in [6.45, 7) is 1.94. The molecule has 0 radical (unpaired) electrons. The predicted octanol–water partition coefficient (Wildman–Crippen LogP) is 6.12. The molecule has 0 fully saturated rings. The smallest absolute Gasteiger partial charge is 0.135 e. The zero-order valence-electron chi connectivity index (χ0n) is 15.5. The van der Waals surface area contributed by atoms with E-state index in [-0.39, 0.29) is 11.8 Å². The van der Waals surface area contributed by atoms with Crippen molar-refractivity contribution in [2.75, 3.05) is 4.90 Å². The van der Waals surface area contributed by atoms with Crippen molar-refractivity contribution in [3.8, 4) is 0 Å². The number of benzene rings is 3. The molecule has 1 unspecified atom stereocenters. The summed E-state index contributed by atoms with van der Waals surface area (Å²) in [6, 6.07) is 29.2. The minimum atomic E-state index is -0.00347. The second-order valence-corrected chi connectivity index (χ2v) is 6.84. The number of carbonyl (C=O) groups is 1. The van der Waals surface area contributed by atoms with Crippen molar-refractivity contribution in [3.63, 3.8) is 0 Å². The topological polar surface area (TPSA) is 20.3 Å². The van der Waals surface area contributed by atoms with Gasteiger partial charge in [0.05, 0.1) is 6.04 Å². The average Bonchev–Trinajstić information content (AvgIpc) is 2.74. The summed E-state index contributed by atoms with van der Waals surface area (Å²) in [5.41, 5.74) is 5.80. The molecule has 134 valence electrons. The standard InChI is InChI=1S/C25H23NO/c1-2-22(27)18-25-23-16-10-9-13-20(23)17-24(19-11-5-3-6-12-19)26(25)21-14-7-4-8-15-21/h3-17,25H,2,18H2,1H3. The summed E-state index contributed by atoms with van der Waals surface area (Å²) in [4.78, 5) is 14.8. The van der Waals surface area contributed by atoms with E-state index in [4.69, 9.17) is 0 Å². The summed E-state index contributed by atoms with van der Waals surface area (Å²) in [5.74, 6) is 0.282. The maximum absolute atomic E-state index is 12.5. The summed E-state index contributed by atoms with van der Waals surface area (Å²) in [6.07, 6.45) is 3.31. The van der Waals surface area contributed by atoms with Crippen molar-refractivity contribution in [3.05, 3.63) is 102 Å².